The summed E-state index contributed by atoms with van der Waals surface area (Å²) in [5.41, 5.74) is 1.34. The molecule has 0 bridgehead atoms. The highest BCUT2D eigenvalue weighted by Gasteiger charge is 2.35. The van der Waals surface area contributed by atoms with Crippen LogP contribution in [0.15, 0.2) is 6.07 Å². The first-order valence-electron chi connectivity index (χ1n) is 6.47. The molecule has 0 spiro atoms. The van der Waals surface area contributed by atoms with Gasteiger partial charge in [0.15, 0.2) is 23.1 Å². The van der Waals surface area contributed by atoms with Gasteiger partial charge in [0.1, 0.15) is 0 Å². The molecular weight excluding hydrogens is 246 g/mol. The first-order valence-corrected chi connectivity index (χ1v) is 6.47. The van der Waals surface area contributed by atoms with Crippen LogP contribution in [0.1, 0.15) is 40.5 Å². The van der Waals surface area contributed by atoms with Crippen LogP contribution >= 0.6 is 0 Å². The van der Waals surface area contributed by atoms with E-state index in [0.29, 0.717) is 43.8 Å². The Labute approximate surface area is 110 Å². The monoisotopic (exact) mass is 261 g/mol. The standard InChI is InChI=1S/C14H15NO4/c1-2-19-11-7-8-9(16)3-5-15-6-4-10(17)12(13(8)15)14(11)18/h7,18H,2-6H2,1H3. The summed E-state index contributed by atoms with van der Waals surface area (Å²) >= 11 is 0. The molecule has 0 saturated carbocycles. The van der Waals surface area contributed by atoms with Gasteiger partial charge in [-0.25, -0.2) is 0 Å². The van der Waals surface area contributed by atoms with Gasteiger partial charge in [-0.2, -0.15) is 0 Å². The zero-order chi connectivity index (χ0) is 13.6. The molecule has 1 aromatic carbocycles. The third-order valence-corrected chi connectivity index (χ3v) is 3.65. The predicted octanol–water partition coefficient (Wildman–Crippen LogP) is 1.77. The molecule has 0 unspecified atom stereocenters. The Morgan fingerprint density at radius 2 is 1.95 bits per heavy atom. The maximum atomic E-state index is 12.1. The van der Waals surface area contributed by atoms with Crippen molar-refractivity contribution in [1.29, 1.82) is 0 Å². The van der Waals surface area contributed by atoms with Crippen molar-refractivity contribution < 1.29 is 19.4 Å². The number of anilines is 1. The lowest BCUT2D eigenvalue weighted by Gasteiger charge is -2.35. The van der Waals surface area contributed by atoms with Gasteiger partial charge < -0.3 is 14.7 Å². The van der Waals surface area contributed by atoms with Crippen LogP contribution in [-0.4, -0.2) is 36.4 Å². The lowest BCUT2D eigenvalue weighted by atomic mass is 9.89. The number of phenols is 1. The van der Waals surface area contributed by atoms with Crippen molar-refractivity contribution in [2.75, 3.05) is 24.6 Å². The summed E-state index contributed by atoms with van der Waals surface area (Å²) in [6, 6.07) is 1.56. The highest BCUT2D eigenvalue weighted by atomic mass is 16.5. The molecule has 0 fully saturated rings. The molecule has 5 heteroatoms. The molecule has 1 N–H and O–H groups in total. The quantitative estimate of drug-likeness (QED) is 0.878. The normalized spacial score (nSPS) is 17.4. The largest absolute Gasteiger partial charge is 0.504 e. The molecule has 0 amide bonds. The Hall–Kier alpha value is -2.04. The van der Waals surface area contributed by atoms with E-state index in [-0.39, 0.29) is 28.6 Å². The number of carbonyl (C=O) groups excluding carboxylic acids is 2. The first kappa shape index (κ1) is 12.0. The summed E-state index contributed by atoms with van der Waals surface area (Å²) < 4.78 is 5.33. The van der Waals surface area contributed by atoms with Gasteiger partial charge >= 0.3 is 0 Å². The molecule has 1 aromatic rings. The second-order valence-corrected chi connectivity index (χ2v) is 4.76. The number of nitrogens with zero attached hydrogens (tertiary/aromatic N) is 1. The molecule has 19 heavy (non-hydrogen) atoms. The van der Waals surface area contributed by atoms with Crippen LogP contribution < -0.4 is 9.64 Å². The average molecular weight is 261 g/mol. The van der Waals surface area contributed by atoms with Gasteiger partial charge in [0.05, 0.1) is 17.9 Å². The van der Waals surface area contributed by atoms with Crippen molar-refractivity contribution in [2.24, 2.45) is 0 Å². The van der Waals surface area contributed by atoms with Crippen molar-refractivity contribution in [1.82, 2.24) is 0 Å². The molecule has 5 nitrogen and oxygen atoms in total. The number of aromatic hydroxyl groups is 1. The minimum Gasteiger partial charge on any atom is -0.504 e. The second kappa shape index (κ2) is 4.26. The van der Waals surface area contributed by atoms with E-state index in [9.17, 15) is 14.7 Å². The number of hydrogen-bond donors (Lipinski definition) is 1. The molecule has 0 aromatic heterocycles. The number of carbonyl (C=O) groups is 2. The van der Waals surface area contributed by atoms with Gasteiger partial charge in [-0.1, -0.05) is 0 Å². The minimum atomic E-state index is -0.134. The number of benzene rings is 1. The smallest absolute Gasteiger partial charge is 0.170 e. The fraction of sp³-hybridized carbons (Fsp3) is 0.429. The fourth-order valence-electron chi connectivity index (χ4n) is 2.78. The van der Waals surface area contributed by atoms with E-state index in [1.54, 1.807) is 13.0 Å². The predicted molar refractivity (Wildman–Crippen MR) is 69.4 cm³/mol. The van der Waals surface area contributed by atoms with Crippen molar-refractivity contribution in [3.8, 4) is 11.5 Å². The third kappa shape index (κ3) is 1.69. The van der Waals surface area contributed by atoms with E-state index in [0.717, 1.165) is 0 Å². The highest BCUT2D eigenvalue weighted by Crippen LogP contribution is 2.44. The molecule has 0 radical (unpaired) electrons. The maximum Gasteiger partial charge on any atom is 0.170 e. The summed E-state index contributed by atoms with van der Waals surface area (Å²) in [5.74, 6) is -0.0314. The molecule has 2 aliphatic rings. The first-order chi connectivity index (χ1) is 9.13. The van der Waals surface area contributed by atoms with Crippen LogP contribution in [-0.2, 0) is 0 Å². The Bertz CT molecular complexity index is 577. The average Bonchev–Trinajstić information content (AvgIpc) is 2.40. The molecule has 2 heterocycles. The van der Waals surface area contributed by atoms with Crippen LogP contribution in [0.2, 0.25) is 0 Å². The molecule has 3 rings (SSSR count). The van der Waals surface area contributed by atoms with Gasteiger partial charge in [-0.15, -0.1) is 0 Å². The van der Waals surface area contributed by atoms with Gasteiger partial charge in [0.25, 0.3) is 0 Å². The van der Waals surface area contributed by atoms with Crippen LogP contribution in [0.25, 0.3) is 0 Å². The van der Waals surface area contributed by atoms with Gasteiger partial charge in [0.2, 0.25) is 0 Å². The Balaban J connectivity index is 2.28. The molecule has 100 valence electrons. The zero-order valence-electron chi connectivity index (χ0n) is 10.7. The molecule has 0 saturated heterocycles. The molecular formula is C14H15NO4. The number of ketones is 2. The molecule has 0 atom stereocenters. The number of ether oxygens (including phenoxy) is 1. The number of Topliss-reactive ketones (excluding diaryl/α,β-unsaturated/α-hetero) is 2. The van der Waals surface area contributed by atoms with E-state index < -0.39 is 0 Å². The number of hydrogen-bond acceptors (Lipinski definition) is 5. The minimum absolute atomic E-state index is 0.00292. The van der Waals surface area contributed by atoms with Gasteiger partial charge in [-0.05, 0) is 13.0 Å². The Morgan fingerprint density at radius 3 is 2.63 bits per heavy atom. The highest BCUT2D eigenvalue weighted by molar-refractivity contribution is 6.14. The zero-order valence-corrected chi connectivity index (χ0v) is 10.7. The lowest BCUT2D eigenvalue weighted by Crippen LogP contribution is -2.38. The Morgan fingerprint density at radius 1 is 1.26 bits per heavy atom. The van der Waals surface area contributed by atoms with Gasteiger partial charge in [0, 0.05) is 31.5 Å². The van der Waals surface area contributed by atoms with Crippen LogP contribution in [0.5, 0.6) is 11.5 Å². The van der Waals surface area contributed by atoms with Crippen molar-refractivity contribution >= 4 is 17.3 Å². The van der Waals surface area contributed by atoms with Crippen LogP contribution in [0.4, 0.5) is 5.69 Å². The lowest BCUT2D eigenvalue weighted by molar-refractivity contribution is 0.0966. The molecule has 2 aliphatic heterocycles. The maximum absolute atomic E-state index is 12.1. The van der Waals surface area contributed by atoms with Gasteiger partial charge in [-0.3, -0.25) is 9.59 Å². The SMILES string of the molecule is CCOc1cc2c3c(c1O)C(=O)CCN3CCC2=O. The van der Waals surface area contributed by atoms with Crippen molar-refractivity contribution in [3.63, 3.8) is 0 Å². The summed E-state index contributed by atoms with van der Waals surface area (Å²) in [5, 5.41) is 10.2. The van der Waals surface area contributed by atoms with Crippen molar-refractivity contribution in [2.45, 2.75) is 19.8 Å². The van der Waals surface area contributed by atoms with E-state index >= 15 is 0 Å². The topological polar surface area (TPSA) is 66.8 Å². The summed E-state index contributed by atoms with van der Waals surface area (Å²) in [6.07, 6.45) is 0.806. The summed E-state index contributed by atoms with van der Waals surface area (Å²) in [6.45, 7) is 3.39. The fourth-order valence-corrected chi connectivity index (χ4v) is 2.78. The van der Waals surface area contributed by atoms with E-state index in [1.807, 2.05) is 4.90 Å². The second-order valence-electron chi connectivity index (χ2n) is 4.76. The van der Waals surface area contributed by atoms with Crippen LogP contribution in [0, 0.1) is 0 Å². The van der Waals surface area contributed by atoms with E-state index in [4.69, 9.17) is 4.74 Å². The summed E-state index contributed by atoms with van der Waals surface area (Å²) in [7, 11) is 0. The van der Waals surface area contributed by atoms with Crippen molar-refractivity contribution in [3.05, 3.63) is 17.2 Å². The Kier molecular flexibility index (Phi) is 2.69. The van der Waals surface area contributed by atoms with E-state index in [2.05, 4.69) is 0 Å². The molecule has 0 aliphatic carbocycles. The third-order valence-electron chi connectivity index (χ3n) is 3.65. The van der Waals surface area contributed by atoms with E-state index in [1.165, 1.54) is 0 Å². The number of phenolic OH excluding ortho intramolecular Hbond substituents is 1. The summed E-state index contributed by atoms with van der Waals surface area (Å²) in [4.78, 5) is 26.1. The van der Waals surface area contributed by atoms with Crippen LogP contribution in [0.3, 0.4) is 0 Å². The number of rotatable bonds is 2.